The van der Waals surface area contributed by atoms with Gasteiger partial charge in [-0.2, -0.15) is 0 Å². The van der Waals surface area contributed by atoms with Crippen molar-refractivity contribution in [3.05, 3.63) is 36.4 Å². The molecule has 0 radical (unpaired) electrons. The Morgan fingerprint density at radius 2 is 2.25 bits per heavy atom. The summed E-state index contributed by atoms with van der Waals surface area (Å²) < 4.78 is 0. The van der Waals surface area contributed by atoms with E-state index in [-0.39, 0.29) is 34.2 Å². The van der Waals surface area contributed by atoms with E-state index in [9.17, 15) is 4.79 Å². The van der Waals surface area contributed by atoms with Crippen LogP contribution < -0.4 is 10.7 Å². The minimum Gasteiger partial charge on any atom is -0.430 e. The topological polar surface area (TPSA) is 72.7 Å². The molecule has 2 heterocycles. The third kappa shape index (κ3) is 3.32. The quantitative estimate of drug-likeness (QED) is 0.457. The van der Waals surface area contributed by atoms with Crippen molar-refractivity contribution >= 4 is 11.8 Å². The summed E-state index contributed by atoms with van der Waals surface area (Å²) in [7, 11) is 0. The predicted molar refractivity (Wildman–Crippen MR) is 59.6 cm³/mol. The monoisotopic (exact) mass is 406 g/mol. The van der Waals surface area contributed by atoms with Crippen molar-refractivity contribution in [1.82, 2.24) is 19.9 Å². The number of H-pyrrole nitrogens is 1. The molecule has 0 fully saturated rings. The van der Waals surface area contributed by atoms with Crippen molar-refractivity contribution in [2.75, 3.05) is 6.26 Å². The number of imidazole rings is 1. The van der Waals surface area contributed by atoms with Gasteiger partial charge in [-0.25, -0.2) is 9.97 Å². The molecule has 0 bridgehead atoms. The molecule has 0 aromatic carbocycles. The van der Waals surface area contributed by atoms with Crippen LogP contribution >= 0.6 is 11.8 Å². The van der Waals surface area contributed by atoms with Crippen LogP contribution in [0.3, 0.4) is 0 Å². The van der Waals surface area contributed by atoms with Crippen LogP contribution in [0.15, 0.2) is 28.4 Å². The van der Waals surface area contributed by atoms with Crippen LogP contribution in [-0.2, 0) is 21.1 Å². The maximum atomic E-state index is 10.8. The number of hydrogen-bond acceptors (Lipinski definition) is 4. The minimum atomic E-state index is -0.357. The van der Waals surface area contributed by atoms with Crippen molar-refractivity contribution in [1.29, 1.82) is 0 Å². The Morgan fingerprint density at radius 3 is 2.81 bits per heavy atom. The van der Waals surface area contributed by atoms with E-state index in [4.69, 9.17) is 0 Å². The number of rotatable bonds is 2. The minimum absolute atomic E-state index is 0. The summed E-state index contributed by atoms with van der Waals surface area (Å²) in [6, 6.07) is 1.72. The van der Waals surface area contributed by atoms with Crippen molar-refractivity contribution in [2.45, 2.75) is 5.16 Å². The second-order valence-corrected chi connectivity index (χ2v) is 3.29. The fourth-order valence-corrected chi connectivity index (χ4v) is 1.37. The van der Waals surface area contributed by atoms with Crippen molar-refractivity contribution in [3.8, 4) is 11.4 Å². The van der Waals surface area contributed by atoms with Gasteiger partial charge < -0.3 is 17.4 Å². The first-order valence-electron chi connectivity index (χ1n) is 3.89. The van der Waals surface area contributed by atoms with Gasteiger partial charge in [-0.3, -0.25) is 4.79 Å². The van der Waals surface area contributed by atoms with Gasteiger partial charge in [-0.1, -0.05) is 18.0 Å². The average molecular weight is 406 g/mol. The summed E-state index contributed by atoms with van der Waals surface area (Å²) in [5, 5.41) is 0.665. The molecule has 0 aliphatic carbocycles. The number of aromatic amines is 1. The van der Waals surface area contributed by atoms with E-state index in [0.29, 0.717) is 16.5 Å². The van der Waals surface area contributed by atoms with Gasteiger partial charge in [0.1, 0.15) is 0 Å². The number of thioether (sulfide) groups is 1. The van der Waals surface area contributed by atoms with E-state index in [1.807, 2.05) is 6.26 Å². The van der Waals surface area contributed by atoms with Gasteiger partial charge in [-0.05, 0) is 18.0 Å². The summed E-state index contributed by atoms with van der Waals surface area (Å²) in [5.41, 5.74) is 0.847. The van der Waals surface area contributed by atoms with E-state index in [2.05, 4.69) is 19.9 Å². The zero-order chi connectivity index (χ0) is 9.97. The van der Waals surface area contributed by atoms with Gasteiger partial charge in [0.2, 0.25) is 0 Å². The molecule has 1 N–H and O–H groups in total. The largest absolute Gasteiger partial charge is 2.00 e. The fourth-order valence-electron chi connectivity index (χ4n) is 1.02. The zero-order valence-corrected chi connectivity index (χ0v) is 12.5. The standard InChI is InChI=1S/C8H8N4OS.CH3.W/c1-14-8-9-3-2-5(12-8)6-4-10-7(13)11-6;;/h2-4H,1H3,(H2,9,10,11,12,13);1H3;/q;-1;+2/p-1. The molecule has 5 nitrogen and oxygen atoms in total. The van der Waals surface area contributed by atoms with Crippen LogP contribution in [0, 0.1) is 7.43 Å². The summed E-state index contributed by atoms with van der Waals surface area (Å²) in [4.78, 5) is 25.3. The van der Waals surface area contributed by atoms with Gasteiger partial charge >= 0.3 is 21.1 Å². The van der Waals surface area contributed by atoms with Crippen LogP contribution in [0.2, 0.25) is 0 Å². The Hall–Kier alpha value is -0.872. The third-order valence-electron chi connectivity index (χ3n) is 1.63. The molecule has 0 spiro atoms. The zero-order valence-electron chi connectivity index (χ0n) is 8.80. The third-order valence-corrected chi connectivity index (χ3v) is 2.19. The Morgan fingerprint density at radius 1 is 1.50 bits per heavy atom. The Balaban J connectivity index is 0.00000112. The van der Waals surface area contributed by atoms with E-state index < -0.39 is 0 Å². The molecule has 0 atom stereocenters. The van der Waals surface area contributed by atoms with Gasteiger partial charge in [0.25, 0.3) is 0 Å². The fraction of sp³-hybridized carbons (Fsp3) is 0.111. The Kier molecular flexibility index (Phi) is 6.29. The number of hydrogen-bond donors (Lipinski definition) is 1. The molecule has 0 aliphatic rings. The predicted octanol–water partition coefficient (Wildman–Crippen LogP) is 0.959. The van der Waals surface area contributed by atoms with Gasteiger partial charge in [0.05, 0.1) is 5.69 Å². The molecular formula is C9H10N4OSW. The molecule has 2 rings (SSSR count). The van der Waals surface area contributed by atoms with Gasteiger partial charge in [-0.15, -0.1) is 0 Å². The molecule has 0 unspecified atom stereocenters. The van der Waals surface area contributed by atoms with E-state index in [1.54, 1.807) is 12.3 Å². The average Bonchev–Trinajstić information content (AvgIpc) is 2.65. The van der Waals surface area contributed by atoms with Gasteiger partial charge in [0.15, 0.2) is 10.8 Å². The normalized spacial score (nSPS) is 9.06. The van der Waals surface area contributed by atoms with Crippen molar-refractivity contribution < 1.29 is 21.1 Å². The van der Waals surface area contributed by atoms with E-state index in [1.165, 1.54) is 18.0 Å². The van der Waals surface area contributed by atoms with Crippen LogP contribution in [0.1, 0.15) is 0 Å². The molecule has 2 aromatic heterocycles. The summed E-state index contributed by atoms with van der Waals surface area (Å²) in [6.07, 6.45) is 5.07. The van der Waals surface area contributed by atoms with Crippen molar-refractivity contribution in [2.24, 2.45) is 0 Å². The van der Waals surface area contributed by atoms with Crippen LogP contribution in [0.4, 0.5) is 0 Å². The van der Waals surface area contributed by atoms with E-state index in [0.717, 1.165) is 0 Å². The molecule has 16 heavy (non-hydrogen) atoms. The van der Waals surface area contributed by atoms with Crippen molar-refractivity contribution in [3.63, 3.8) is 0 Å². The number of nitrogens with zero attached hydrogens (tertiary/aromatic N) is 3. The second kappa shape index (κ2) is 6.66. The van der Waals surface area contributed by atoms with Crippen LogP contribution in [0.25, 0.3) is 11.4 Å². The van der Waals surface area contributed by atoms with Crippen LogP contribution in [-0.4, -0.2) is 21.2 Å². The maximum Gasteiger partial charge on any atom is 2.00 e. The Labute approximate surface area is 112 Å². The molecule has 0 saturated heterocycles. The molecular weight excluding hydrogens is 396 g/mol. The first-order chi connectivity index (χ1) is 6.79. The molecule has 2 aromatic rings. The first-order valence-corrected chi connectivity index (χ1v) is 5.12. The molecule has 0 saturated carbocycles. The summed E-state index contributed by atoms with van der Waals surface area (Å²) in [6.45, 7) is 0. The SMILES string of the molecule is CSc1nccc(-c2c[nH]c(=O)[n-]2)n1.[CH3-].[W+2]. The molecule has 0 aliphatic heterocycles. The maximum absolute atomic E-state index is 10.8. The summed E-state index contributed by atoms with van der Waals surface area (Å²) in [5.74, 6) is 0. The molecule has 0 amide bonds. The van der Waals surface area contributed by atoms with Crippen LogP contribution in [0.5, 0.6) is 0 Å². The second-order valence-electron chi connectivity index (χ2n) is 2.52. The van der Waals surface area contributed by atoms with E-state index >= 15 is 0 Å². The number of nitrogens with one attached hydrogen (secondary N) is 1. The van der Waals surface area contributed by atoms with Gasteiger partial charge in [0, 0.05) is 6.20 Å². The first kappa shape index (κ1) is 15.1. The molecule has 7 heteroatoms. The molecule has 84 valence electrons. The Bertz CT molecular complexity index is 496. The smallest absolute Gasteiger partial charge is 0.430 e. The number of aromatic nitrogens is 4. The summed E-state index contributed by atoms with van der Waals surface area (Å²) >= 11 is 1.45.